The number of hydrogen-bond acceptors (Lipinski definition) is 1. The number of aryl methyl sites for hydroxylation is 1. The molecule has 0 bridgehead atoms. The Labute approximate surface area is 91.7 Å². The third-order valence-corrected chi connectivity index (χ3v) is 3.94. The van der Waals surface area contributed by atoms with Crippen molar-refractivity contribution in [2.45, 2.75) is 46.5 Å². The predicted molar refractivity (Wildman–Crippen MR) is 67.1 cm³/mol. The zero-order valence-corrected chi connectivity index (χ0v) is 10.7. The molecule has 0 amide bonds. The lowest BCUT2D eigenvalue weighted by atomic mass is 9.93. The molecule has 0 nitrogen and oxygen atoms in total. The molecule has 0 aliphatic rings. The summed E-state index contributed by atoms with van der Waals surface area (Å²) in [7, 11) is 0. The van der Waals surface area contributed by atoms with Gasteiger partial charge < -0.3 is 0 Å². The summed E-state index contributed by atoms with van der Waals surface area (Å²) in [6.45, 7) is 15.2. The minimum absolute atomic E-state index is 0.266. The monoisotopic (exact) mass is 208 g/mol. The average Bonchev–Trinajstić information content (AvgIpc) is 2.45. The molecular formula is C13H20S. The predicted octanol–water partition coefficient (Wildman–Crippen LogP) is 4.78. The summed E-state index contributed by atoms with van der Waals surface area (Å²) in [5.74, 6) is 0. The first-order valence-corrected chi connectivity index (χ1v) is 5.97. The fourth-order valence-corrected chi connectivity index (χ4v) is 2.52. The van der Waals surface area contributed by atoms with Crippen molar-refractivity contribution in [1.82, 2.24) is 0 Å². The van der Waals surface area contributed by atoms with Gasteiger partial charge in [-0.2, -0.15) is 0 Å². The molecule has 0 saturated heterocycles. The van der Waals surface area contributed by atoms with E-state index in [4.69, 9.17) is 0 Å². The standard InChI is InChI=1S/C13H20S/c1-7-9(2)11-8-12(13(4,5)6)14-10(11)3/h8H,2,7H2,1,3-6H3. The van der Waals surface area contributed by atoms with Crippen LogP contribution in [0.1, 0.15) is 49.4 Å². The van der Waals surface area contributed by atoms with Crippen molar-refractivity contribution in [3.05, 3.63) is 28.0 Å². The lowest BCUT2D eigenvalue weighted by Gasteiger charge is -2.15. The molecule has 0 radical (unpaired) electrons. The van der Waals surface area contributed by atoms with Gasteiger partial charge in [-0.15, -0.1) is 11.3 Å². The van der Waals surface area contributed by atoms with E-state index in [1.54, 1.807) is 0 Å². The second kappa shape index (κ2) is 3.90. The van der Waals surface area contributed by atoms with Crippen LogP contribution < -0.4 is 0 Å². The lowest BCUT2D eigenvalue weighted by molar-refractivity contribution is 0.604. The maximum Gasteiger partial charge on any atom is 0.0108 e. The third-order valence-electron chi connectivity index (χ3n) is 2.46. The first-order chi connectivity index (χ1) is 6.36. The van der Waals surface area contributed by atoms with Crippen LogP contribution in [0, 0.1) is 6.92 Å². The molecule has 1 aromatic heterocycles. The molecule has 1 heteroatoms. The molecule has 0 aliphatic heterocycles. The minimum Gasteiger partial charge on any atom is -0.145 e. The van der Waals surface area contributed by atoms with Crippen molar-refractivity contribution in [2.75, 3.05) is 0 Å². The van der Waals surface area contributed by atoms with Gasteiger partial charge in [0, 0.05) is 9.75 Å². The Balaban J connectivity index is 3.12. The van der Waals surface area contributed by atoms with E-state index in [2.05, 4.69) is 47.3 Å². The molecule has 1 rings (SSSR count). The van der Waals surface area contributed by atoms with Crippen LogP contribution in [0.15, 0.2) is 12.6 Å². The Morgan fingerprint density at radius 2 is 2.00 bits per heavy atom. The molecule has 1 aromatic rings. The van der Waals surface area contributed by atoms with Gasteiger partial charge in [0.2, 0.25) is 0 Å². The minimum atomic E-state index is 0.266. The van der Waals surface area contributed by atoms with Gasteiger partial charge >= 0.3 is 0 Å². The van der Waals surface area contributed by atoms with Crippen LogP contribution >= 0.6 is 11.3 Å². The van der Waals surface area contributed by atoms with Crippen LogP contribution in [0.2, 0.25) is 0 Å². The molecule has 0 atom stereocenters. The van der Waals surface area contributed by atoms with Gasteiger partial charge in [0.05, 0.1) is 0 Å². The molecule has 1 heterocycles. The fraction of sp³-hybridized carbons (Fsp3) is 0.538. The van der Waals surface area contributed by atoms with Crippen molar-refractivity contribution in [3.63, 3.8) is 0 Å². The number of thiophene rings is 1. The maximum atomic E-state index is 4.11. The third kappa shape index (κ3) is 2.27. The highest BCUT2D eigenvalue weighted by Crippen LogP contribution is 2.35. The van der Waals surface area contributed by atoms with Crippen molar-refractivity contribution >= 4 is 16.9 Å². The quantitative estimate of drug-likeness (QED) is 0.656. The zero-order chi connectivity index (χ0) is 10.9. The van der Waals surface area contributed by atoms with Crippen LogP contribution in [-0.4, -0.2) is 0 Å². The van der Waals surface area contributed by atoms with Crippen LogP contribution in [0.4, 0.5) is 0 Å². The van der Waals surface area contributed by atoms with Crippen molar-refractivity contribution in [1.29, 1.82) is 0 Å². The topological polar surface area (TPSA) is 0 Å². The molecule has 0 spiro atoms. The van der Waals surface area contributed by atoms with Crippen molar-refractivity contribution in [3.8, 4) is 0 Å². The van der Waals surface area contributed by atoms with Crippen molar-refractivity contribution < 1.29 is 0 Å². The normalized spacial score (nSPS) is 11.8. The van der Waals surface area contributed by atoms with Gasteiger partial charge in [-0.05, 0) is 36.0 Å². The van der Waals surface area contributed by atoms with Crippen molar-refractivity contribution in [2.24, 2.45) is 0 Å². The van der Waals surface area contributed by atoms with Gasteiger partial charge in [-0.1, -0.05) is 34.3 Å². The Hall–Kier alpha value is -0.560. The van der Waals surface area contributed by atoms with E-state index < -0.39 is 0 Å². The first kappa shape index (κ1) is 11.5. The highest BCUT2D eigenvalue weighted by molar-refractivity contribution is 7.12. The maximum absolute atomic E-state index is 4.11. The molecule has 14 heavy (non-hydrogen) atoms. The van der Waals surface area contributed by atoms with Crippen LogP contribution in [-0.2, 0) is 5.41 Å². The smallest absolute Gasteiger partial charge is 0.0108 e. The Kier molecular flexibility index (Phi) is 3.20. The van der Waals surface area contributed by atoms with Gasteiger partial charge in [0.15, 0.2) is 0 Å². The van der Waals surface area contributed by atoms with E-state index in [-0.39, 0.29) is 5.41 Å². The number of hydrogen-bond donors (Lipinski definition) is 0. The van der Waals surface area contributed by atoms with Crippen LogP contribution in [0.25, 0.3) is 5.57 Å². The van der Waals surface area contributed by atoms with E-state index in [1.807, 2.05) is 11.3 Å². The Bertz CT molecular complexity index is 337. The summed E-state index contributed by atoms with van der Waals surface area (Å²) in [6.07, 6.45) is 1.04. The Morgan fingerprint density at radius 1 is 1.43 bits per heavy atom. The lowest BCUT2D eigenvalue weighted by Crippen LogP contribution is -2.07. The van der Waals surface area contributed by atoms with Gasteiger partial charge in [-0.25, -0.2) is 0 Å². The molecule has 0 N–H and O–H groups in total. The summed E-state index contributed by atoms with van der Waals surface area (Å²) in [6, 6.07) is 2.31. The summed E-state index contributed by atoms with van der Waals surface area (Å²) < 4.78 is 0. The van der Waals surface area contributed by atoms with E-state index in [0.717, 1.165) is 6.42 Å². The highest BCUT2D eigenvalue weighted by atomic mass is 32.1. The highest BCUT2D eigenvalue weighted by Gasteiger charge is 2.18. The summed E-state index contributed by atoms with van der Waals surface area (Å²) >= 11 is 1.90. The van der Waals surface area contributed by atoms with Gasteiger partial charge in [-0.3, -0.25) is 0 Å². The van der Waals surface area contributed by atoms with Gasteiger partial charge in [0.25, 0.3) is 0 Å². The van der Waals surface area contributed by atoms with E-state index in [1.165, 1.54) is 20.9 Å². The van der Waals surface area contributed by atoms with Crippen LogP contribution in [0.5, 0.6) is 0 Å². The molecule has 0 unspecified atom stereocenters. The summed E-state index contributed by atoms with van der Waals surface area (Å²) in [5, 5.41) is 0. The SMILES string of the molecule is C=C(CC)c1cc(C(C)(C)C)sc1C. The molecule has 0 aliphatic carbocycles. The first-order valence-electron chi connectivity index (χ1n) is 5.15. The summed E-state index contributed by atoms with van der Waals surface area (Å²) in [4.78, 5) is 2.86. The molecular weight excluding hydrogens is 188 g/mol. The van der Waals surface area contributed by atoms with E-state index >= 15 is 0 Å². The fourth-order valence-electron chi connectivity index (χ4n) is 1.39. The second-order valence-corrected chi connectivity index (χ2v) is 6.04. The Morgan fingerprint density at radius 3 is 2.36 bits per heavy atom. The van der Waals surface area contributed by atoms with E-state index in [9.17, 15) is 0 Å². The molecule has 0 saturated carbocycles. The van der Waals surface area contributed by atoms with E-state index in [0.29, 0.717) is 0 Å². The van der Waals surface area contributed by atoms with Gasteiger partial charge in [0.1, 0.15) is 0 Å². The second-order valence-electron chi connectivity index (χ2n) is 4.79. The van der Waals surface area contributed by atoms with Crippen LogP contribution in [0.3, 0.4) is 0 Å². The summed E-state index contributed by atoms with van der Waals surface area (Å²) in [5.41, 5.74) is 2.89. The average molecular weight is 208 g/mol. The number of allylic oxidation sites excluding steroid dienone is 1. The number of rotatable bonds is 2. The largest absolute Gasteiger partial charge is 0.145 e. The zero-order valence-electron chi connectivity index (χ0n) is 9.90. The molecule has 78 valence electrons. The molecule has 0 aromatic carbocycles. The molecule has 0 fully saturated rings.